The number of rotatable bonds is 3. The van der Waals surface area contributed by atoms with E-state index in [0.29, 0.717) is 11.4 Å². The summed E-state index contributed by atoms with van der Waals surface area (Å²) >= 11 is 0. The van der Waals surface area contributed by atoms with Crippen molar-refractivity contribution in [2.75, 3.05) is 29.6 Å². The number of anilines is 2. The molecule has 1 aliphatic heterocycles. The molecule has 2 atom stereocenters. The van der Waals surface area contributed by atoms with E-state index in [1.807, 2.05) is 0 Å². The Balaban J connectivity index is 1.75. The molecule has 1 saturated heterocycles. The molecule has 1 aromatic carbocycles. The van der Waals surface area contributed by atoms with Gasteiger partial charge in [-0.25, -0.2) is 18.2 Å². The van der Waals surface area contributed by atoms with Gasteiger partial charge in [-0.15, -0.1) is 0 Å². The summed E-state index contributed by atoms with van der Waals surface area (Å²) < 4.78 is 63.1. The van der Waals surface area contributed by atoms with Gasteiger partial charge in [-0.3, -0.25) is 0 Å². The lowest BCUT2D eigenvalue weighted by atomic mass is 10.0. The lowest BCUT2D eigenvalue weighted by Gasteiger charge is -2.45. The highest BCUT2D eigenvalue weighted by atomic mass is 32.2. The van der Waals surface area contributed by atoms with Crippen molar-refractivity contribution in [2.24, 2.45) is 0 Å². The zero-order chi connectivity index (χ0) is 24.6. The first kappa shape index (κ1) is 24.3. The number of nitrogens with one attached hydrogen (secondary N) is 1. The van der Waals surface area contributed by atoms with Crippen LogP contribution in [0, 0.1) is 11.3 Å². The Kier molecular flexibility index (Phi) is 6.56. The second-order valence-corrected chi connectivity index (χ2v) is 9.89. The van der Waals surface area contributed by atoms with Gasteiger partial charge in [0.25, 0.3) is 0 Å². The minimum Gasteiger partial charge on any atom is -0.365 e. The van der Waals surface area contributed by atoms with Gasteiger partial charge in [-0.1, -0.05) is 0 Å². The number of aromatic nitrogens is 1. The number of alkyl halides is 3. The minimum atomic E-state index is -4.65. The van der Waals surface area contributed by atoms with Crippen molar-refractivity contribution in [3.63, 3.8) is 0 Å². The second-order valence-electron chi connectivity index (χ2n) is 7.93. The van der Waals surface area contributed by atoms with E-state index in [4.69, 9.17) is 5.26 Å². The molecule has 1 aliphatic rings. The van der Waals surface area contributed by atoms with E-state index in [9.17, 15) is 26.4 Å². The summed E-state index contributed by atoms with van der Waals surface area (Å²) in [5, 5.41) is 11.6. The molecule has 1 aromatic heterocycles. The molecule has 1 N–H and O–H groups in total. The maximum Gasteiger partial charge on any atom is 0.417 e. The fourth-order valence-corrected chi connectivity index (χ4v) is 4.24. The molecule has 1 fully saturated rings. The van der Waals surface area contributed by atoms with Gasteiger partial charge in [0.2, 0.25) is 0 Å². The van der Waals surface area contributed by atoms with Crippen LogP contribution in [0.15, 0.2) is 41.6 Å². The van der Waals surface area contributed by atoms with Crippen LogP contribution in [0.1, 0.15) is 25.0 Å². The molecule has 176 valence electrons. The smallest absolute Gasteiger partial charge is 0.365 e. The first-order chi connectivity index (χ1) is 15.3. The van der Waals surface area contributed by atoms with Crippen molar-refractivity contribution >= 4 is 27.2 Å². The van der Waals surface area contributed by atoms with Crippen LogP contribution in [0.2, 0.25) is 0 Å². The van der Waals surface area contributed by atoms with E-state index in [0.717, 1.165) is 18.4 Å². The number of benzene rings is 1. The van der Waals surface area contributed by atoms with Gasteiger partial charge in [-0.2, -0.15) is 18.4 Å². The van der Waals surface area contributed by atoms with Crippen LogP contribution in [0.3, 0.4) is 0 Å². The molecule has 0 radical (unpaired) electrons. The summed E-state index contributed by atoms with van der Waals surface area (Å²) in [6, 6.07) is 6.82. The molecule has 2 aromatic rings. The van der Waals surface area contributed by atoms with E-state index >= 15 is 0 Å². The molecule has 0 bridgehead atoms. The average Bonchev–Trinajstić information content (AvgIpc) is 2.73. The van der Waals surface area contributed by atoms with Crippen LogP contribution in [0.25, 0.3) is 0 Å². The minimum absolute atomic E-state index is 0.114. The predicted molar refractivity (Wildman–Crippen MR) is 116 cm³/mol. The van der Waals surface area contributed by atoms with Gasteiger partial charge in [-0.05, 0) is 44.2 Å². The maximum atomic E-state index is 13.4. The van der Waals surface area contributed by atoms with Gasteiger partial charge >= 0.3 is 12.2 Å². The van der Waals surface area contributed by atoms with Crippen LogP contribution in [-0.2, 0) is 16.0 Å². The lowest BCUT2D eigenvalue weighted by molar-refractivity contribution is -0.137. The number of piperazine rings is 1. The highest BCUT2D eigenvalue weighted by molar-refractivity contribution is 7.90. The summed E-state index contributed by atoms with van der Waals surface area (Å²) in [5.41, 5.74) is -0.800. The predicted octanol–water partition coefficient (Wildman–Crippen LogP) is 3.51. The number of sulfone groups is 1. The third-order valence-corrected chi connectivity index (χ3v) is 6.38. The molecule has 0 saturated carbocycles. The molecule has 0 spiro atoms. The number of carbonyl (C=O) groups is 1. The molecular weight excluding hydrogens is 459 g/mol. The van der Waals surface area contributed by atoms with E-state index in [1.54, 1.807) is 29.7 Å². The Bertz CT molecular complexity index is 1190. The number of urea groups is 1. The Hall–Kier alpha value is -3.33. The number of amides is 2. The fraction of sp³-hybridized carbons (Fsp3) is 0.381. The zero-order valence-electron chi connectivity index (χ0n) is 18.1. The Morgan fingerprint density at radius 1 is 1.18 bits per heavy atom. The van der Waals surface area contributed by atoms with Gasteiger partial charge in [0.05, 0.1) is 29.1 Å². The standard InChI is InChI=1S/C21H22F3N5O3S/c1-13-12-29(20(30)27-16-5-7-19(26-10-16)33(3,31)32)14(2)11-28(13)17-6-4-15(9-25)18(8-17)21(22,23)24/h4-8,10,13-14H,11-12H2,1-3H3,(H,27,30)/t13-,14+/m0/s1. The summed E-state index contributed by atoms with van der Waals surface area (Å²) in [6.45, 7) is 4.09. The molecule has 3 rings (SSSR count). The van der Waals surface area contributed by atoms with Crippen molar-refractivity contribution in [1.82, 2.24) is 9.88 Å². The number of nitrogens with zero attached hydrogens (tertiary/aromatic N) is 4. The Morgan fingerprint density at radius 2 is 1.88 bits per heavy atom. The number of hydrogen-bond acceptors (Lipinski definition) is 6. The van der Waals surface area contributed by atoms with Gasteiger partial charge in [0.1, 0.15) is 0 Å². The number of pyridine rings is 1. The molecule has 2 amide bonds. The molecule has 8 nitrogen and oxygen atoms in total. The number of hydrogen-bond donors (Lipinski definition) is 1. The van der Waals surface area contributed by atoms with E-state index in [2.05, 4.69) is 10.3 Å². The first-order valence-electron chi connectivity index (χ1n) is 9.93. The largest absolute Gasteiger partial charge is 0.417 e. The van der Waals surface area contributed by atoms with Crippen molar-refractivity contribution in [3.05, 3.63) is 47.7 Å². The summed E-state index contributed by atoms with van der Waals surface area (Å²) in [7, 11) is -3.46. The fourth-order valence-electron chi connectivity index (χ4n) is 3.68. The number of halogens is 3. The molecular formula is C21H22F3N5O3S. The third-order valence-electron chi connectivity index (χ3n) is 5.37. The monoisotopic (exact) mass is 481 g/mol. The van der Waals surface area contributed by atoms with Gasteiger partial charge in [0, 0.05) is 37.1 Å². The van der Waals surface area contributed by atoms with Crippen molar-refractivity contribution in [2.45, 2.75) is 37.1 Å². The summed E-state index contributed by atoms with van der Waals surface area (Å²) in [4.78, 5) is 19.9. The molecule has 33 heavy (non-hydrogen) atoms. The van der Waals surface area contributed by atoms with Gasteiger partial charge < -0.3 is 15.1 Å². The van der Waals surface area contributed by atoms with Crippen molar-refractivity contribution in [3.8, 4) is 6.07 Å². The van der Waals surface area contributed by atoms with Crippen molar-refractivity contribution in [1.29, 1.82) is 5.26 Å². The molecule has 2 heterocycles. The first-order valence-corrected chi connectivity index (χ1v) is 11.8. The van der Waals surface area contributed by atoms with Crippen LogP contribution in [0.4, 0.5) is 29.3 Å². The van der Waals surface area contributed by atoms with Crippen LogP contribution in [-0.4, -0.2) is 55.8 Å². The summed E-state index contributed by atoms with van der Waals surface area (Å²) in [5.74, 6) is 0. The second kappa shape index (κ2) is 8.90. The van der Waals surface area contributed by atoms with E-state index < -0.39 is 33.2 Å². The van der Waals surface area contributed by atoms with Crippen LogP contribution in [0.5, 0.6) is 0 Å². The van der Waals surface area contributed by atoms with Crippen LogP contribution >= 0.6 is 0 Å². The number of nitriles is 1. The van der Waals surface area contributed by atoms with Crippen molar-refractivity contribution < 1.29 is 26.4 Å². The maximum absolute atomic E-state index is 13.4. The summed E-state index contributed by atoms with van der Waals surface area (Å²) in [6.07, 6.45) is -2.38. The van der Waals surface area contributed by atoms with E-state index in [1.165, 1.54) is 24.4 Å². The lowest BCUT2D eigenvalue weighted by Crippen LogP contribution is -2.59. The quantitative estimate of drug-likeness (QED) is 0.719. The zero-order valence-corrected chi connectivity index (χ0v) is 18.9. The van der Waals surface area contributed by atoms with Gasteiger partial charge in [0.15, 0.2) is 14.9 Å². The Labute approximate surface area is 189 Å². The topological polar surface area (TPSA) is 106 Å². The molecule has 12 heteroatoms. The normalized spacial score (nSPS) is 19.2. The molecule has 0 unspecified atom stereocenters. The molecule has 0 aliphatic carbocycles. The van der Waals surface area contributed by atoms with E-state index in [-0.39, 0.29) is 30.2 Å². The highest BCUT2D eigenvalue weighted by Gasteiger charge is 2.36. The SMILES string of the molecule is C[C@@H]1CN(c2ccc(C#N)c(C(F)(F)F)c2)[C@@H](C)CN1C(=O)Nc1ccc(S(C)(=O)=O)nc1. The van der Waals surface area contributed by atoms with Crippen LogP contribution < -0.4 is 10.2 Å². The third kappa shape index (κ3) is 5.36. The average molecular weight is 482 g/mol. The number of carbonyl (C=O) groups excluding carboxylic acids is 1. The Morgan fingerprint density at radius 3 is 2.42 bits per heavy atom. The highest BCUT2D eigenvalue weighted by Crippen LogP contribution is 2.35.